The van der Waals surface area contributed by atoms with E-state index in [0.717, 1.165) is 6.42 Å². The number of hydrogen-bond acceptors (Lipinski definition) is 1. The molecule has 0 N–H and O–H groups in total. The minimum Gasteiger partial charge on any atom is -0.413 e. The van der Waals surface area contributed by atoms with Crippen molar-refractivity contribution in [3.63, 3.8) is 0 Å². The normalized spacial score (nSPS) is 17.2. The molecule has 0 aliphatic carbocycles. The van der Waals surface area contributed by atoms with Crippen LogP contribution in [0.15, 0.2) is 30.3 Å². The number of alkyl halides is 1. The molecule has 102 valence electrons. The molecule has 0 radical (unpaired) electrons. The highest BCUT2D eigenvalue weighted by atomic mass is 35.5. The second kappa shape index (κ2) is 6.74. The summed E-state index contributed by atoms with van der Waals surface area (Å²) in [6.45, 7) is 10.7. The van der Waals surface area contributed by atoms with Crippen LogP contribution in [0.5, 0.6) is 0 Å². The first-order valence-corrected chi connectivity index (χ1v) is 8.96. The van der Waals surface area contributed by atoms with Gasteiger partial charge in [0, 0.05) is 5.60 Å². The largest absolute Gasteiger partial charge is 0.413 e. The first-order chi connectivity index (χ1) is 8.35. The lowest BCUT2D eigenvalue weighted by molar-refractivity contribution is 0.124. The number of rotatable bonds is 5. The van der Waals surface area contributed by atoms with Gasteiger partial charge in [-0.2, -0.15) is 0 Å². The van der Waals surface area contributed by atoms with Crippen molar-refractivity contribution in [2.24, 2.45) is 0 Å². The first kappa shape index (κ1) is 15.7. The van der Waals surface area contributed by atoms with Gasteiger partial charge in [0.05, 0.1) is 5.00 Å². The second-order valence-electron chi connectivity index (χ2n) is 5.82. The molecule has 1 aromatic carbocycles. The molecule has 3 unspecified atom stereocenters. The van der Waals surface area contributed by atoms with Crippen molar-refractivity contribution in [3.8, 4) is 0 Å². The molecule has 0 bridgehead atoms. The Morgan fingerprint density at radius 1 is 1.22 bits per heavy atom. The van der Waals surface area contributed by atoms with E-state index < -0.39 is 9.04 Å². The summed E-state index contributed by atoms with van der Waals surface area (Å²) in [5, 5.41) is 0.180. The standard InChI is InChI=1S/C15H25ClOSi/c1-6-14(16)18(17-15(3,4)5)12(2)13-10-8-7-9-11-13/h7-12,14,18H,6H2,1-5H3. The zero-order chi connectivity index (χ0) is 13.8. The summed E-state index contributed by atoms with van der Waals surface area (Å²) in [4.78, 5) is 0. The Hall–Kier alpha value is -0.313. The smallest absolute Gasteiger partial charge is 0.202 e. The molecule has 18 heavy (non-hydrogen) atoms. The van der Waals surface area contributed by atoms with Crippen LogP contribution in [-0.4, -0.2) is 19.6 Å². The Morgan fingerprint density at radius 2 is 1.78 bits per heavy atom. The molecular weight excluding hydrogens is 260 g/mol. The maximum atomic E-state index is 6.52. The fraction of sp³-hybridized carbons (Fsp3) is 0.600. The van der Waals surface area contributed by atoms with E-state index in [1.54, 1.807) is 0 Å². The fourth-order valence-electron chi connectivity index (χ4n) is 2.08. The third-order valence-electron chi connectivity index (χ3n) is 3.05. The van der Waals surface area contributed by atoms with Gasteiger partial charge in [0.1, 0.15) is 0 Å². The minimum atomic E-state index is -1.51. The summed E-state index contributed by atoms with van der Waals surface area (Å²) < 4.78 is 6.31. The molecule has 0 aliphatic rings. The van der Waals surface area contributed by atoms with Gasteiger partial charge >= 0.3 is 0 Å². The quantitative estimate of drug-likeness (QED) is 0.574. The average molecular weight is 285 g/mol. The van der Waals surface area contributed by atoms with Crippen molar-refractivity contribution in [3.05, 3.63) is 35.9 Å². The van der Waals surface area contributed by atoms with Gasteiger partial charge in [0.2, 0.25) is 9.04 Å². The summed E-state index contributed by atoms with van der Waals surface area (Å²) in [6.07, 6.45) is 0.978. The molecule has 0 fully saturated rings. The summed E-state index contributed by atoms with van der Waals surface area (Å²) in [7, 11) is -1.51. The minimum absolute atomic E-state index is 0.109. The van der Waals surface area contributed by atoms with Crippen molar-refractivity contribution in [2.45, 2.75) is 57.2 Å². The Kier molecular flexibility index (Phi) is 5.89. The van der Waals surface area contributed by atoms with Crippen molar-refractivity contribution < 1.29 is 4.43 Å². The first-order valence-electron chi connectivity index (χ1n) is 6.72. The van der Waals surface area contributed by atoms with Crippen LogP contribution in [0.4, 0.5) is 0 Å². The summed E-state index contributed by atoms with van der Waals surface area (Å²) in [5.41, 5.74) is 1.67. The Morgan fingerprint density at radius 3 is 2.22 bits per heavy atom. The van der Waals surface area contributed by atoms with E-state index >= 15 is 0 Å². The van der Waals surface area contributed by atoms with Gasteiger partial charge in [-0.15, -0.1) is 11.6 Å². The van der Waals surface area contributed by atoms with E-state index in [2.05, 4.69) is 65.0 Å². The highest BCUT2D eigenvalue weighted by molar-refractivity contribution is 6.65. The zero-order valence-corrected chi connectivity index (χ0v) is 14.0. The van der Waals surface area contributed by atoms with Crippen LogP contribution in [0.3, 0.4) is 0 Å². The monoisotopic (exact) mass is 284 g/mol. The molecule has 0 saturated carbocycles. The molecule has 0 aliphatic heterocycles. The van der Waals surface area contributed by atoms with Crippen LogP contribution in [0.25, 0.3) is 0 Å². The highest BCUT2D eigenvalue weighted by Gasteiger charge is 2.32. The molecule has 0 saturated heterocycles. The maximum absolute atomic E-state index is 6.52. The number of halogens is 1. The molecule has 1 aromatic rings. The summed E-state index contributed by atoms with van der Waals surface area (Å²) in [6, 6.07) is 10.6. The van der Waals surface area contributed by atoms with Gasteiger partial charge < -0.3 is 4.43 Å². The maximum Gasteiger partial charge on any atom is 0.202 e. The van der Waals surface area contributed by atoms with Gasteiger partial charge in [0.25, 0.3) is 0 Å². The third-order valence-corrected chi connectivity index (χ3v) is 7.64. The lowest BCUT2D eigenvalue weighted by Gasteiger charge is -2.33. The predicted molar refractivity (Wildman–Crippen MR) is 82.8 cm³/mol. The summed E-state index contributed by atoms with van der Waals surface area (Å²) >= 11 is 6.52. The van der Waals surface area contributed by atoms with Gasteiger partial charge in [-0.25, -0.2) is 0 Å². The highest BCUT2D eigenvalue weighted by Crippen LogP contribution is 2.27. The predicted octanol–water partition coefficient (Wildman–Crippen LogP) is 4.42. The van der Waals surface area contributed by atoms with Crippen molar-refractivity contribution in [1.29, 1.82) is 0 Å². The summed E-state index contributed by atoms with van der Waals surface area (Å²) in [5.74, 6) is 0. The molecule has 1 rings (SSSR count). The lowest BCUT2D eigenvalue weighted by atomic mass is 10.2. The Balaban J connectivity index is 2.89. The van der Waals surface area contributed by atoms with Gasteiger partial charge in [-0.3, -0.25) is 0 Å². The Bertz CT molecular complexity index is 347. The zero-order valence-electron chi connectivity index (χ0n) is 12.1. The molecular formula is C15H25ClOSi. The number of benzene rings is 1. The van der Waals surface area contributed by atoms with Gasteiger partial charge in [-0.1, -0.05) is 44.2 Å². The molecule has 0 amide bonds. The Labute approximate surface area is 118 Å². The van der Waals surface area contributed by atoms with Gasteiger partial charge in [0.15, 0.2) is 0 Å². The topological polar surface area (TPSA) is 9.23 Å². The van der Waals surface area contributed by atoms with E-state index in [4.69, 9.17) is 16.0 Å². The van der Waals surface area contributed by atoms with Crippen LogP contribution in [0.1, 0.15) is 52.1 Å². The third kappa shape index (κ3) is 4.75. The van der Waals surface area contributed by atoms with Crippen LogP contribution in [0, 0.1) is 0 Å². The molecule has 0 heterocycles. The molecule has 3 atom stereocenters. The number of hydrogen-bond donors (Lipinski definition) is 0. The van der Waals surface area contributed by atoms with E-state index in [1.165, 1.54) is 5.56 Å². The average Bonchev–Trinajstić information content (AvgIpc) is 2.34. The van der Waals surface area contributed by atoms with Crippen LogP contribution in [0.2, 0.25) is 0 Å². The molecule has 0 spiro atoms. The van der Waals surface area contributed by atoms with Crippen LogP contribution < -0.4 is 0 Å². The molecule has 1 nitrogen and oxygen atoms in total. The molecule has 0 aromatic heterocycles. The molecule has 3 heteroatoms. The lowest BCUT2D eigenvalue weighted by Crippen LogP contribution is -2.41. The van der Waals surface area contributed by atoms with Crippen molar-refractivity contribution >= 4 is 20.6 Å². The van der Waals surface area contributed by atoms with Crippen molar-refractivity contribution in [2.75, 3.05) is 0 Å². The SMILES string of the molecule is CCC(Cl)[SiH](OC(C)(C)C)C(C)c1ccccc1. The fourth-order valence-corrected chi connectivity index (χ4v) is 5.75. The van der Waals surface area contributed by atoms with E-state index in [0.29, 0.717) is 5.54 Å². The second-order valence-corrected chi connectivity index (χ2v) is 9.77. The van der Waals surface area contributed by atoms with Crippen LogP contribution >= 0.6 is 11.6 Å². The van der Waals surface area contributed by atoms with E-state index in [9.17, 15) is 0 Å². The van der Waals surface area contributed by atoms with Crippen molar-refractivity contribution in [1.82, 2.24) is 0 Å². The van der Waals surface area contributed by atoms with Crippen LogP contribution in [-0.2, 0) is 4.43 Å². The van der Waals surface area contributed by atoms with E-state index in [-0.39, 0.29) is 10.6 Å². The van der Waals surface area contributed by atoms with Gasteiger partial charge in [-0.05, 0) is 38.3 Å². The van der Waals surface area contributed by atoms with E-state index in [1.807, 2.05) is 0 Å².